The average Bonchev–Trinajstić information content (AvgIpc) is 2.89. The third-order valence-electron chi connectivity index (χ3n) is 3.57. The van der Waals surface area contributed by atoms with Crippen molar-refractivity contribution in [2.75, 3.05) is 0 Å². The Bertz CT molecular complexity index is 774. The third kappa shape index (κ3) is 2.58. The molecule has 2 heterocycles. The van der Waals surface area contributed by atoms with E-state index >= 15 is 0 Å². The van der Waals surface area contributed by atoms with E-state index in [0.29, 0.717) is 6.54 Å². The Balaban J connectivity index is 2.17. The second-order valence-electron chi connectivity index (χ2n) is 5.17. The molecule has 4 nitrogen and oxygen atoms in total. The van der Waals surface area contributed by atoms with Crippen molar-refractivity contribution in [1.29, 1.82) is 0 Å². The number of hydrogen-bond donors (Lipinski definition) is 2. The molecule has 0 saturated heterocycles. The molecule has 0 radical (unpaired) electrons. The van der Waals surface area contributed by atoms with E-state index < -0.39 is 0 Å². The second kappa shape index (κ2) is 5.50. The molecule has 0 spiro atoms. The number of rotatable bonds is 3. The smallest absolute Gasteiger partial charge is 0.0731 e. The molecule has 1 aromatic carbocycles. The standard InChI is InChI=1S/C17H18N4/c1-11-4-3-5-14(8-11)17-16(12(2)20-21-17)13-6-7-19-15(9-13)10-18/h3-9H,10,18H2,1-2H3,(H,20,21). The highest BCUT2D eigenvalue weighted by atomic mass is 15.1. The molecule has 0 atom stereocenters. The van der Waals surface area contributed by atoms with E-state index in [1.165, 1.54) is 5.56 Å². The first-order valence-electron chi connectivity index (χ1n) is 6.96. The van der Waals surface area contributed by atoms with Crippen LogP contribution in [0.5, 0.6) is 0 Å². The van der Waals surface area contributed by atoms with Crippen molar-refractivity contribution < 1.29 is 0 Å². The number of nitrogens with zero attached hydrogens (tertiary/aromatic N) is 2. The minimum Gasteiger partial charge on any atom is -0.325 e. The van der Waals surface area contributed by atoms with Gasteiger partial charge in [0.15, 0.2) is 0 Å². The molecule has 3 rings (SSSR count). The Morgan fingerprint density at radius 2 is 1.95 bits per heavy atom. The summed E-state index contributed by atoms with van der Waals surface area (Å²) in [6.45, 7) is 4.53. The number of hydrogen-bond acceptors (Lipinski definition) is 3. The van der Waals surface area contributed by atoms with Gasteiger partial charge in [0, 0.05) is 23.9 Å². The lowest BCUT2D eigenvalue weighted by Crippen LogP contribution is -1.99. The van der Waals surface area contributed by atoms with Crippen molar-refractivity contribution in [2.24, 2.45) is 5.73 Å². The number of aromatic nitrogens is 3. The van der Waals surface area contributed by atoms with E-state index in [9.17, 15) is 0 Å². The van der Waals surface area contributed by atoms with Crippen LogP contribution in [0, 0.1) is 13.8 Å². The Labute approximate surface area is 124 Å². The lowest BCUT2D eigenvalue weighted by Gasteiger charge is -2.07. The van der Waals surface area contributed by atoms with Crippen LogP contribution >= 0.6 is 0 Å². The molecule has 0 unspecified atom stereocenters. The topological polar surface area (TPSA) is 67.6 Å². The molecule has 0 saturated carbocycles. The molecule has 106 valence electrons. The van der Waals surface area contributed by atoms with Gasteiger partial charge in [0.05, 0.1) is 17.1 Å². The Kier molecular flexibility index (Phi) is 3.54. The molecule has 0 aliphatic rings. The van der Waals surface area contributed by atoms with E-state index in [-0.39, 0.29) is 0 Å². The Morgan fingerprint density at radius 1 is 1.10 bits per heavy atom. The first kappa shape index (κ1) is 13.5. The van der Waals surface area contributed by atoms with Crippen LogP contribution in [-0.4, -0.2) is 15.2 Å². The van der Waals surface area contributed by atoms with Crippen molar-refractivity contribution in [3.05, 3.63) is 59.5 Å². The number of aromatic amines is 1. The quantitative estimate of drug-likeness (QED) is 0.773. The highest BCUT2D eigenvalue weighted by Gasteiger charge is 2.14. The zero-order chi connectivity index (χ0) is 14.8. The van der Waals surface area contributed by atoms with Gasteiger partial charge in [-0.1, -0.05) is 23.8 Å². The van der Waals surface area contributed by atoms with Crippen LogP contribution < -0.4 is 5.73 Å². The lowest BCUT2D eigenvalue weighted by molar-refractivity contribution is 0.991. The van der Waals surface area contributed by atoms with Crippen LogP contribution in [0.2, 0.25) is 0 Å². The van der Waals surface area contributed by atoms with E-state index in [1.54, 1.807) is 6.20 Å². The largest absolute Gasteiger partial charge is 0.325 e. The number of aryl methyl sites for hydroxylation is 2. The van der Waals surface area contributed by atoms with Gasteiger partial charge in [-0.15, -0.1) is 0 Å². The first-order valence-corrected chi connectivity index (χ1v) is 6.96. The summed E-state index contributed by atoms with van der Waals surface area (Å²) in [6.07, 6.45) is 1.80. The zero-order valence-electron chi connectivity index (χ0n) is 12.2. The summed E-state index contributed by atoms with van der Waals surface area (Å²) in [5.41, 5.74) is 13.1. The molecule has 4 heteroatoms. The number of benzene rings is 1. The maximum atomic E-state index is 5.69. The average molecular weight is 278 g/mol. The van der Waals surface area contributed by atoms with Gasteiger partial charge in [-0.2, -0.15) is 5.10 Å². The van der Waals surface area contributed by atoms with Crippen molar-refractivity contribution in [3.63, 3.8) is 0 Å². The fraction of sp³-hybridized carbons (Fsp3) is 0.176. The monoisotopic (exact) mass is 278 g/mol. The van der Waals surface area contributed by atoms with Gasteiger partial charge in [0.2, 0.25) is 0 Å². The molecule has 0 aliphatic carbocycles. The van der Waals surface area contributed by atoms with Gasteiger partial charge in [-0.25, -0.2) is 0 Å². The minimum absolute atomic E-state index is 0.435. The summed E-state index contributed by atoms with van der Waals surface area (Å²) in [5, 5.41) is 7.53. The van der Waals surface area contributed by atoms with Crippen LogP contribution in [0.3, 0.4) is 0 Å². The molecule has 0 bridgehead atoms. The number of H-pyrrole nitrogens is 1. The van der Waals surface area contributed by atoms with Gasteiger partial charge < -0.3 is 5.73 Å². The predicted molar refractivity (Wildman–Crippen MR) is 84.6 cm³/mol. The number of nitrogens with one attached hydrogen (secondary N) is 1. The fourth-order valence-electron chi connectivity index (χ4n) is 2.54. The second-order valence-corrected chi connectivity index (χ2v) is 5.17. The van der Waals surface area contributed by atoms with Crippen LogP contribution in [0.1, 0.15) is 17.0 Å². The van der Waals surface area contributed by atoms with Gasteiger partial charge in [-0.05, 0) is 37.6 Å². The van der Waals surface area contributed by atoms with Gasteiger partial charge in [0.25, 0.3) is 0 Å². The van der Waals surface area contributed by atoms with E-state index in [4.69, 9.17) is 5.73 Å². The van der Waals surface area contributed by atoms with Crippen LogP contribution in [0.25, 0.3) is 22.4 Å². The summed E-state index contributed by atoms with van der Waals surface area (Å²) in [6, 6.07) is 12.4. The molecule has 21 heavy (non-hydrogen) atoms. The normalized spacial score (nSPS) is 10.8. The molecule has 2 aromatic heterocycles. The Hall–Kier alpha value is -2.46. The number of pyridine rings is 1. The predicted octanol–water partition coefficient (Wildman–Crippen LogP) is 3.21. The van der Waals surface area contributed by atoms with Crippen molar-refractivity contribution in [3.8, 4) is 22.4 Å². The maximum absolute atomic E-state index is 5.69. The maximum Gasteiger partial charge on any atom is 0.0731 e. The molecular weight excluding hydrogens is 260 g/mol. The van der Waals surface area contributed by atoms with Gasteiger partial charge >= 0.3 is 0 Å². The van der Waals surface area contributed by atoms with Crippen LogP contribution in [-0.2, 0) is 6.54 Å². The summed E-state index contributed by atoms with van der Waals surface area (Å²) in [4.78, 5) is 4.26. The van der Waals surface area contributed by atoms with Crippen molar-refractivity contribution in [2.45, 2.75) is 20.4 Å². The third-order valence-corrected chi connectivity index (χ3v) is 3.57. The molecule has 3 N–H and O–H groups in total. The van der Waals surface area contributed by atoms with Crippen molar-refractivity contribution >= 4 is 0 Å². The van der Waals surface area contributed by atoms with Crippen molar-refractivity contribution in [1.82, 2.24) is 15.2 Å². The lowest BCUT2D eigenvalue weighted by atomic mass is 9.98. The zero-order valence-corrected chi connectivity index (χ0v) is 12.2. The molecule has 0 fully saturated rings. The summed E-state index contributed by atoms with van der Waals surface area (Å²) >= 11 is 0. The van der Waals surface area contributed by atoms with E-state index in [2.05, 4.69) is 46.4 Å². The van der Waals surface area contributed by atoms with E-state index in [1.807, 2.05) is 19.1 Å². The van der Waals surface area contributed by atoms with Crippen LogP contribution in [0.4, 0.5) is 0 Å². The SMILES string of the molecule is Cc1cccc(-c2[nH]nc(C)c2-c2ccnc(CN)c2)c1. The summed E-state index contributed by atoms with van der Waals surface area (Å²) < 4.78 is 0. The molecular formula is C17H18N4. The number of nitrogens with two attached hydrogens (primary N) is 1. The fourth-order valence-corrected chi connectivity index (χ4v) is 2.54. The highest BCUT2D eigenvalue weighted by molar-refractivity contribution is 5.82. The highest BCUT2D eigenvalue weighted by Crippen LogP contribution is 2.33. The van der Waals surface area contributed by atoms with E-state index in [0.717, 1.165) is 33.8 Å². The summed E-state index contributed by atoms with van der Waals surface area (Å²) in [5.74, 6) is 0. The Morgan fingerprint density at radius 3 is 2.71 bits per heavy atom. The molecule has 0 amide bonds. The summed E-state index contributed by atoms with van der Waals surface area (Å²) in [7, 11) is 0. The minimum atomic E-state index is 0.435. The molecule has 0 aliphatic heterocycles. The van der Waals surface area contributed by atoms with Gasteiger partial charge in [0.1, 0.15) is 0 Å². The molecule has 3 aromatic rings. The van der Waals surface area contributed by atoms with Crippen LogP contribution in [0.15, 0.2) is 42.6 Å². The first-order chi connectivity index (χ1) is 10.2. The van der Waals surface area contributed by atoms with Gasteiger partial charge in [-0.3, -0.25) is 10.1 Å².